The van der Waals surface area contributed by atoms with Crippen molar-refractivity contribution in [1.82, 2.24) is 0 Å². The van der Waals surface area contributed by atoms with E-state index in [1.165, 1.54) is 12.1 Å². The van der Waals surface area contributed by atoms with E-state index in [4.69, 9.17) is 9.57 Å². The van der Waals surface area contributed by atoms with Crippen LogP contribution in [0.2, 0.25) is 0 Å². The standard InChI is InChI=1S/C23H26F3N3O12/c24-23(25,26)15-6-5-7-16(12-15)38-14-17(39-27(32)33)10-11-19-18(8-3-1-2-4-9-22(30)31)20(40-28(34)35)13-21(19)41-29(36)37/h1,3,5-7,10-12,17-21H,2,4,8-9,13-14H2,(H,30,31)/p-1/b3-1-,11-10+/t17-,18-,19-,20+,21-/m1/s1. The van der Waals surface area contributed by atoms with Crippen molar-refractivity contribution in [2.24, 2.45) is 11.8 Å². The van der Waals surface area contributed by atoms with E-state index in [0.717, 1.165) is 18.2 Å². The number of hydrogen-bond acceptors (Lipinski definition) is 12. The summed E-state index contributed by atoms with van der Waals surface area (Å²) in [7, 11) is 0. The van der Waals surface area contributed by atoms with Gasteiger partial charge in [0.15, 0.2) is 6.10 Å². The lowest BCUT2D eigenvalue weighted by atomic mass is 9.89. The third-order valence-electron chi connectivity index (χ3n) is 5.98. The molecule has 1 saturated carbocycles. The van der Waals surface area contributed by atoms with E-state index in [1.807, 2.05) is 0 Å². The van der Waals surface area contributed by atoms with E-state index in [9.17, 15) is 53.4 Å². The van der Waals surface area contributed by atoms with Gasteiger partial charge in [-0.15, -0.1) is 30.3 Å². The molecule has 0 aliphatic heterocycles. The van der Waals surface area contributed by atoms with Gasteiger partial charge in [0.2, 0.25) is 0 Å². The zero-order chi connectivity index (χ0) is 30.6. The molecule has 1 aromatic rings. The summed E-state index contributed by atoms with van der Waals surface area (Å²) in [5.74, 6) is -3.27. The number of rotatable bonds is 17. The third kappa shape index (κ3) is 11.6. The summed E-state index contributed by atoms with van der Waals surface area (Å²) in [5.41, 5.74) is -1.02. The molecule has 0 amide bonds. The number of unbranched alkanes of at least 4 members (excludes halogenated alkanes) is 1. The van der Waals surface area contributed by atoms with E-state index < -0.39 is 69.7 Å². The van der Waals surface area contributed by atoms with Crippen LogP contribution in [0.15, 0.2) is 48.6 Å². The smallest absolute Gasteiger partial charge is 0.416 e. The number of ether oxygens (including phenoxy) is 1. The lowest BCUT2D eigenvalue weighted by molar-refractivity contribution is -0.776. The monoisotopic (exact) mass is 592 g/mol. The first-order valence-corrected chi connectivity index (χ1v) is 12.0. The largest absolute Gasteiger partial charge is 0.550 e. The number of carboxylic acid groups (broad SMARTS) is 1. The number of alkyl halides is 3. The topological polar surface area (TPSA) is 206 Å². The van der Waals surface area contributed by atoms with Crippen LogP contribution < -0.4 is 9.84 Å². The predicted molar refractivity (Wildman–Crippen MR) is 126 cm³/mol. The van der Waals surface area contributed by atoms with Crippen LogP contribution in [0.25, 0.3) is 0 Å². The molecule has 0 heterocycles. The van der Waals surface area contributed by atoms with Gasteiger partial charge in [0.1, 0.15) is 24.6 Å². The van der Waals surface area contributed by atoms with Gasteiger partial charge in [0, 0.05) is 18.3 Å². The second-order valence-electron chi connectivity index (χ2n) is 8.77. The summed E-state index contributed by atoms with van der Waals surface area (Å²) in [6, 6.07) is 3.74. The molecule has 0 spiro atoms. The molecule has 2 rings (SSSR count). The average molecular weight is 592 g/mol. The molecule has 1 aliphatic rings. The lowest BCUT2D eigenvalue weighted by Gasteiger charge is -2.22. The predicted octanol–water partition coefficient (Wildman–Crippen LogP) is 2.87. The molecule has 1 aliphatic carbocycles. The Morgan fingerprint density at radius 1 is 1.05 bits per heavy atom. The molecule has 18 heteroatoms. The van der Waals surface area contributed by atoms with Crippen LogP contribution >= 0.6 is 0 Å². The molecule has 226 valence electrons. The maximum absolute atomic E-state index is 13.0. The summed E-state index contributed by atoms with van der Waals surface area (Å²) in [6.07, 6.45) is -2.89. The Kier molecular flexibility index (Phi) is 12.1. The zero-order valence-corrected chi connectivity index (χ0v) is 21.1. The van der Waals surface area contributed by atoms with Gasteiger partial charge in [-0.2, -0.15) is 13.2 Å². The Hall–Kier alpha value is -4.64. The van der Waals surface area contributed by atoms with Crippen molar-refractivity contribution >= 4 is 5.97 Å². The van der Waals surface area contributed by atoms with E-state index in [0.29, 0.717) is 12.5 Å². The van der Waals surface area contributed by atoms with Crippen LogP contribution in [0.5, 0.6) is 5.75 Å². The van der Waals surface area contributed by atoms with Crippen molar-refractivity contribution in [2.75, 3.05) is 6.61 Å². The van der Waals surface area contributed by atoms with Crippen molar-refractivity contribution in [3.63, 3.8) is 0 Å². The first kappa shape index (κ1) is 32.6. The molecular weight excluding hydrogens is 567 g/mol. The highest BCUT2D eigenvalue weighted by Crippen LogP contribution is 2.40. The fourth-order valence-corrected chi connectivity index (χ4v) is 4.28. The quantitative estimate of drug-likeness (QED) is 0.111. The van der Waals surface area contributed by atoms with Crippen molar-refractivity contribution in [3.05, 3.63) is 84.5 Å². The molecule has 0 N–H and O–H groups in total. The molecule has 15 nitrogen and oxygen atoms in total. The molecule has 0 bridgehead atoms. The van der Waals surface area contributed by atoms with Crippen molar-refractivity contribution in [1.29, 1.82) is 0 Å². The number of carbonyl (C=O) groups excluding carboxylic acids is 1. The third-order valence-corrected chi connectivity index (χ3v) is 5.98. The van der Waals surface area contributed by atoms with E-state index in [2.05, 4.69) is 9.68 Å². The van der Waals surface area contributed by atoms with Gasteiger partial charge >= 0.3 is 6.18 Å². The Balaban J connectivity index is 2.25. The number of carboxylic acids is 1. The number of benzene rings is 1. The number of aliphatic carboxylic acids is 1. The van der Waals surface area contributed by atoms with Crippen molar-refractivity contribution in [2.45, 2.75) is 56.6 Å². The minimum Gasteiger partial charge on any atom is -0.550 e. The first-order chi connectivity index (χ1) is 19.3. The fourth-order valence-electron chi connectivity index (χ4n) is 4.28. The van der Waals surface area contributed by atoms with Gasteiger partial charge < -0.3 is 29.2 Å². The number of halogens is 3. The molecule has 0 unspecified atom stereocenters. The van der Waals surface area contributed by atoms with Crippen LogP contribution in [-0.4, -0.2) is 46.1 Å². The van der Waals surface area contributed by atoms with Gasteiger partial charge in [0.25, 0.3) is 15.3 Å². The van der Waals surface area contributed by atoms with Gasteiger partial charge in [0.05, 0.1) is 5.56 Å². The minimum atomic E-state index is -4.66. The lowest BCUT2D eigenvalue weighted by Crippen LogP contribution is -2.27. The second-order valence-corrected chi connectivity index (χ2v) is 8.77. The van der Waals surface area contributed by atoms with E-state index in [1.54, 1.807) is 12.2 Å². The summed E-state index contributed by atoms with van der Waals surface area (Å²) in [5, 5.41) is 40.3. The first-order valence-electron chi connectivity index (χ1n) is 12.0. The highest BCUT2D eigenvalue weighted by atomic mass is 19.4. The summed E-state index contributed by atoms with van der Waals surface area (Å²) in [4.78, 5) is 57.6. The maximum atomic E-state index is 13.0. The number of nitrogens with zero attached hydrogens (tertiary/aromatic N) is 3. The van der Waals surface area contributed by atoms with E-state index >= 15 is 0 Å². The van der Waals surface area contributed by atoms with Crippen molar-refractivity contribution in [3.8, 4) is 5.75 Å². The highest BCUT2D eigenvalue weighted by molar-refractivity contribution is 5.64. The zero-order valence-electron chi connectivity index (χ0n) is 21.1. The SMILES string of the molecule is O=C([O-])CCC/C=C\C[C@@H]1[C@@H](/C=C/[C@H](COc2cccc(C(F)(F)F)c2)O[N+](=O)[O-])[C@H](O[N+](=O)[O-])C[C@@H]1O[N+](=O)[O-]. The van der Waals surface area contributed by atoms with E-state index in [-0.39, 0.29) is 31.4 Å². The molecule has 1 fully saturated rings. The molecule has 5 atom stereocenters. The number of carbonyl (C=O) groups is 1. The summed E-state index contributed by atoms with van der Waals surface area (Å²) in [6.45, 7) is -0.635. The molecular formula is C23H25F3N3O12-. The molecule has 0 radical (unpaired) electrons. The molecule has 0 aromatic heterocycles. The molecule has 0 saturated heterocycles. The maximum Gasteiger partial charge on any atom is 0.416 e. The van der Waals surface area contributed by atoms with Crippen LogP contribution in [-0.2, 0) is 25.5 Å². The van der Waals surface area contributed by atoms with Gasteiger partial charge in [-0.05, 0) is 49.8 Å². The van der Waals surface area contributed by atoms with Crippen molar-refractivity contribution < 1.29 is 57.6 Å². The Morgan fingerprint density at radius 2 is 1.73 bits per heavy atom. The van der Waals surface area contributed by atoms with Gasteiger partial charge in [-0.25, -0.2) is 0 Å². The van der Waals surface area contributed by atoms with Crippen LogP contribution in [0.3, 0.4) is 0 Å². The summed E-state index contributed by atoms with van der Waals surface area (Å²) >= 11 is 0. The average Bonchev–Trinajstić information content (AvgIpc) is 3.16. The van der Waals surface area contributed by atoms with Crippen LogP contribution in [0.1, 0.15) is 37.7 Å². The number of hydrogen-bond donors (Lipinski definition) is 0. The fraction of sp³-hybridized carbons (Fsp3) is 0.522. The molecule has 1 aromatic carbocycles. The second kappa shape index (κ2) is 15.2. The van der Waals surface area contributed by atoms with Crippen LogP contribution in [0.4, 0.5) is 13.2 Å². The Labute approximate surface area is 229 Å². The number of allylic oxidation sites excluding steroid dienone is 2. The summed E-state index contributed by atoms with van der Waals surface area (Å²) < 4.78 is 44.1. The van der Waals surface area contributed by atoms with Gasteiger partial charge in [-0.1, -0.05) is 30.4 Å². The Morgan fingerprint density at radius 3 is 2.34 bits per heavy atom. The molecule has 41 heavy (non-hydrogen) atoms. The Bertz CT molecular complexity index is 1130. The minimum absolute atomic E-state index is 0.0674. The normalized spacial score (nSPS) is 21.4. The van der Waals surface area contributed by atoms with Crippen LogP contribution in [0, 0.1) is 42.2 Å². The highest BCUT2D eigenvalue weighted by Gasteiger charge is 2.45. The van der Waals surface area contributed by atoms with Gasteiger partial charge in [-0.3, -0.25) is 0 Å².